The van der Waals surface area contributed by atoms with E-state index in [9.17, 15) is 4.79 Å². The van der Waals surface area contributed by atoms with E-state index in [1.807, 2.05) is 0 Å². The lowest BCUT2D eigenvalue weighted by Crippen LogP contribution is -2.10. The molecule has 0 aliphatic heterocycles. The van der Waals surface area contributed by atoms with E-state index in [4.69, 9.17) is 14.6 Å². The van der Waals surface area contributed by atoms with Gasteiger partial charge in [0.2, 0.25) is 0 Å². The van der Waals surface area contributed by atoms with Crippen LogP contribution in [-0.2, 0) is 11.3 Å². The zero-order valence-corrected chi connectivity index (χ0v) is 12.0. The summed E-state index contributed by atoms with van der Waals surface area (Å²) in [6, 6.07) is 4.78. The summed E-state index contributed by atoms with van der Waals surface area (Å²) in [6.45, 7) is 7.47. The molecule has 0 atom stereocenters. The first-order valence-electron chi connectivity index (χ1n) is 6.31. The van der Waals surface area contributed by atoms with Crippen LogP contribution in [0.2, 0.25) is 0 Å². The number of methoxy groups -OCH3 is 1. The molecule has 0 aliphatic rings. The van der Waals surface area contributed by atoms with Crippen molar-refractivity contribution in [2.24, 2.45) is 5.41 Å². The van der Waals surface area contributed by atoms with E-state index in [1.165, 1.54) is 6.07 Å². The standard InChI is InChI=1S/C15H22O4/c1-15(2,3)7-8-19-10-12-9-11(14(16)17)5-6-13(12)18-4/h5-6,9H,7-8,10H2,1-4H3,(H,16,17). The van der Waals surface area contributed by atoms with Crippen LogP contribution in [-0.4, -0.2) is 24.8 Å². The highest BCUT2D eigenvalue weighted by Crippen LogP contribution is 2.22. The molecule has 0 aromatic heterocycles. The highest BCUT2D eigenvalue weighted by atomic mass is 16.5. The fraction of sp³-hybridized carbons (Fsp3) is 0.533. The fourth-order valence-corrected chi connectivity index (χ4v) is 1.58. The molecule has 0 unspecified atom stereocenters. The van der Waals surface area contributed by atoms with Crippen molar-refractivity contribution in [2.75, 3.05) is 13.7 Å². The minimum absolute atomic E-state index is 0.229. The molecule has 0 saturated heterocycles. The summed E-state index contributed by atoms with van der Waals surface area (Å²) in [5.74, 6) is -0.292. The van der Waals surface area contributed by atoms with Crippen LogP contribution < -0.4 is 4.74 Å². The van der Waals surface area contributed by atoms with E-state index >= 15 is 0 Å². The molecule has 0 amide bonds. The zero-order chi connectivity index (χ0) is 14.5. The van der Waals surface area contributed by atoms with Crippen LogP contribution in [0, 0.1) is 5.41 Å². The summed E-state index contributed by atoms with van der Waals surface area (Å²) in [6.07, 6.45) is 0.952. The van der Waals surface area contributed by atoms with Crippen molar-refractivity contribution < 1.29 is 19.4 Å². The Kier molecular flexibility index (Phi) is 5.36. The Balaban J connectivity index is 2.65. The Bertz CT molecular complexity index is 432. The molecular weight excluding hydrogens is 244 g/mol. The molecule has 106 valence electrons. The smallest absolute Gasteiger partial charge is 0.335 e. The molecule has 0 fully saturated rings. The maximum atomic E-state index is 10.9. The molecule has 0 aliphatic carbocycles. The fourth-order valence-electron chi connectivity index (χ4n) is 1.58. The van der Waals surface area contributed by atoms with Gasteiger partial charge in [-0.3, -0.25) is 0 Å². The summed E-state index contributed by atoms with van der Waals surface area (Å²) in [5, 5.41) is 8.97. The normalized spacial score (nSPS) is 11.4. The van der Waals surface area contributed by atoms with Crippen LogP contribution in [0.3, 0.4) is 0 Å². The first kappa shape index (κ1) is 15.5. The van der Waals surface area contributed by atoms with E-state index in [0.717, 1.165) is 12.0 Å². The lowest BCUT2D eigenvalue weighted by Gasteiger charge is -2.18. The van der Waals surface area contributed by atoms with Crippen molar-refractivity contribution in [3.8, 4) is 5.75 Å². The second kappa shape index (κ2) is 6.57. The summed E-state index contributed by atoms with van der Waals surface area (Å²) >= 11 is 0. The maximum absolute atomic E-state index is 10.9. The molecule has 0 heterocycles. The summed E-state index contributed by atoms with van der Waals surface area (Å²) in [5.41, 5.74) is 1.24. The quantitative estimate of drug-likeness (QED) is 0.802. The van der Waals surface area contributed by atoms with Gasteiger partial charge in [-0.1, -0.05) is 20.8 Å². The lowest BCUT2D eigenvalue weighted by molar-refractivity contribution is 0.0696. The van der Waals surface area contributed by atoms with Crippen molar-refractivity contribution >= 4 is 5.97 Å². The van der Waals surface area contributed by atoms with Gasteiger partial charge >= 0.3 is 5.97 Å². The van der Waals surface area contributed by atoms with Crippen LogP contribution in [0.5, 0.6) is 5.75 Å². The van der Waals surface area contributed by atoms with Gasteiger partial charge in [0.25, 0.3) is 0 Å². The number of rotatable bonds is 6. The third-order valence-electron chi connectivity index (χ3n) is 2.78. The van der Waals surface area contributed by atoms with Crippen LogP contribution in [0.15, 0.2) is 18.2 Å². The first-order valence-corrected chi connectivity index (χ1v) is 6.31. The van der Waals surface area contributed by atoms with Gasteiger partial charge in [-0.05, 0) is 30.0 Å². The highest BCUT2D eigenvalue weighted by molar-refractivity contribution is 5.88. The third-order valence-corrected chi connectivity index (χ3v) is 2.78. The number of aromatic carboxylic acids is 1. The Morgan fingerprint density at radius 2 is 2.00 bits per heavy atom. The van der Waals surface area contributed by atoms with Gasteiger partial charge in [0.05, 0.1) is 19.3 Å². The lowest BCUT2D eigenvalue weighted by atomic mass is 9.93. The van der Waals surface area contributed by atoms with E-state index in [1.54, 1.807) is 19.2 Å². The van der Waals surface area contributed by atoms with Crippen LogP contribution in [0.4, 0.5) is 0 Å². The van der Waals surface area contributed by atoms with Gasteiger partial charge in [0.15, 0.2) is 0 Å². The molecule has 0 radical (unpaired) electrons. The molecule has 0 spiro atoms. The SMILES string of the molecule is COc1ccc(C(=O)O)cc1COCCC(C)(C)C. The molecule has 1 N–H and O–H groups in total. The Labute approximate surface area is 114 Å². The van der Waals surface area contributed by atoms with Crippen LogP contribution >= 0.6 is 0 Å². The third kappa shape index (κ3) is 5.30. The average Bonchev–Trinajstić information content (AvgIpc) is 2.33. The van der Waals surface area contributed by atoms with E-state index in [0.29, 0.717) is 19.0 Å². The Hall–Kier alpha value is -1.55. The predicted octanol–water partition coefficient (Wildman–Crippen LogP) is 3.35. The highest BCUT2D eigenvalue weighted by Gasteiger charge is 2.11. The van der Waals surface area contributed by atoms with Gasteiger partial charge in [-0.25, -0.2) is 4.79 Å². The monoisotopic (exact) mass is 266 g/mol. The van der Waals surface area contributed by atoms with Crippen molar-refractivity contribution in [2.45, 2.75) is 33.8 Å². The summed E-state index contributed by atoms with van der Waals surface area (Å²) in [4.78, 5) is 10.9. The number of hydrogen-bond acceptors (Lipinski definition) is 3. The van der Waals surface area contributed by atoms with Gasteiger partial charge in [0.1, 0.15) is 5.75 Å². The van der Waals surface area contributed by atoms with Crippen molar-refractivity contribution in [3.05, 3.63) is 29.3 Å². The van der Waals surface area contributed by atoms with Gasteiger partial charge in [-0.15, -0.1) is 0 Å². The minimum Gasteiger partial charge on any atom is -0.496 e. The van der Waals surface area contributed by atoms with Crippen molar-refractivity contribution in [1.29, 1.82) is 0 Å². The largest absolute Gasteiger partial charge is 0.496 e. The summed E-state index contributed by atoms with van der Waals surface area (Å²) < 4.78 is 10.8. The molecule has 1 aromatic rings. The molecule has 1 aromatic carbocycles. The molecule has 19 heavy (non-hydrogen) atoms. The second-order valence-electron chi connectivity index (χ2n) is 5.70. The average molecular weight is 266 g/mol. The van der Waals surface area contributed by atoms with Gasteiger partial charge in [-0.2, -0.15) is 0 Å². The van der Waals surface area contributed by atoms with Crippen LogP contribution in [0.1, 0.15) is 43.1 Å². The number of carbonyl (C=O) groups is 1. The number of carboxylic acid groups (broad SMARTS) is 1. The molecule has 4 nitrogen and oxygen atoms in total. The van der Waals surface area contributed by atoms with Crippen molar-refractivity contribution in [3.63, 3.8) is 0 Å². The number of benzene rings is 1. The second-order valence-corrected chi connectivity index (χ2v) is 5.70. The topological polar surface area (TPSA) is 55.8 Å². The van der Waals surface area contributed by atoms with E-state index in [2.05, 4.69) is 20.8 Å². The number of carboxylic acids is 1. The van der Waals surface area contributed by atoms with Gasteiger partial charge < -0.3 is 14.6 Å². The molecule has 0 bridgehead atoms. The summed E-state index contributed by atoms with van der Waals surface area (Å²) in [7, 11) is 1.56. The van der Waals surface area contributed by atoms with E-state index < -0.39 is 5.97 Å². The number of hydrogen-bond donors (Lipinski definition) is 1. The van der Waals surface area contributed by atoms with Crippen LogP contribution in [0.25, 0.3) is 0 Å². The zero-order valence-electron chi connectivity index (χ0n) is 12.0. The molecule has 4 heteroatoms. The molecule has 0 saturated carbocycles. The van der Waals surface area contributed by atoms with E-state index in [-0.39, 0.29) is 11.0 Å². The first-order chi connectivity index (χ1) is 8.83. The maximum Gasteiger partial charge on any atom is 0.335 e. The Morgan fingerprint density at radius 1 is 1.32 bits per heavy atom. The molecule has 1 rings (SSSR count). The Morgan fingerprint density at radius 3 is 2.53 bits per heavy atom. The van der Waals surface area contributed by atoms with Crippen molar-refractivity contribution in [1.82, 2.24) is 0 Å². The van der Waals surface area contributed by atoms with Gasteiger partial charge in [0, 0.05) is 12.2 Å². The number of ether oxygens (including phenoxy) is 2. The minimum atomic E-state index is -0.946. The molecular formula is C15H22O4. The predicted molar refractivity (Wildman–Crippen MR) is 73.7 cm³/mol.